The lowest BCUT2D eigenvalue weighted by Crippen LogP contribution is -2.52. The maximum atomic E-state index is 10.0. The van der Waals surface area contributed by atoms with Gasteiger partial charge < -0.3 is 24.4 Å². The van der Waals surface area contributed by atoms with Crippen LogP contribution in [0.1, 0.15) is 70.2 Å². The van der Waals surface area contributed by atoms with Gasteiger partial charge in [-0.15, -0.1) is 0 Å². The van der Waals surface area contributed by atoms with E-state index in [-0.39, 0.29) is 12.1 Å². The molecule has 2 aromatic carbocycles. The number of ether oxygens (including phenoxy) is 1. The fraction of sp³-hybridized carbons (Fsp3) is 0.422. The topological polar surface area (TPSA) is 91.7 Å². The SMILES string of the molecule is CB(O)N1CCN(C2c3ccc(Cl)cc3C(CN3CCOCC3)=Cc3cccnc32)CC1.CCC1=Cc2cccnc2C(N2CCN(B(C)O)CC2)c2ccc(Cl)cc21. The molecular formula is C45H55B2Cl2N7O3. The van der Waals surface area contributed by atoms with Gasteiger partial charge in [0.25, 0.3) is 0 Å². The quantitative estimate of drug-likeness (QED) is 0.200. The second-order valence-corrected chi connectivity index (χ2v) is 17.1. The summed E-state index contributed by atoms with van der Waals surface area (Å²) in [5, 5.41) is 21.4. The van der Waals surface area contributed by atoms with Crippen LogP contribution in [0.5, 0.6) is 0 Å². The zero-order valence-corrected chi connectivity index (χ0v) is 36.0. The summed E-state index contributed by atoms with van der Waals surface area (Å²) in [6.07, 6.45) is 9.30. The second kappa shape index (κ2) is 19.1. The molecule has 9 rings (SSSR count). The van der Waals surface area contributed by atoms with Gasteiger partial charge in [0.05, 0.1) is 36.7 Å². The Morgan fingerprint density at radius 1 is 0.644 bits per heavy atom. The van der Waals surface area contributed by atoms with E-state index in [4.69, 9.17) is 37.9 Å². The Labute approximate surface area is 360 Å². The minimum atomic E-state index is -0.412. The number of pyridine rings is 2. The van der Waals surface area contributed by atoms with E-state index in [2.05, 4.69) is 79.8 Å². The van der Waals surface area contributed by atoms with Crippen LogP contribution in [0, 0.1) is 0 Å². The molecule has 3 aliphatic heterocycles. The number of hydrogen-bond acceptors (Lipinski definition) is 10. The van der Waals surface area contributed by atoms with E-state index in [1.807, 2.05) is 50.3 Å². The van der Waals surface area contributed by atoms with Gasteiger partial charge >= 0.3 is 14.1 Å². The minimum Gasteiger partial charge on any atom is -0.437 e. The Morgan fingerprint density at radius 3 is 1.56 bits per heavy atom. The van der Waals surface area contributed by atoms with Crippen molar-refractivity contribution in [3.8, 4) is 0 Å². The highest BCUT2D eigenvalue weighted by Crippen LogP contribution is 2.42. The first kappa shape index (κ1) is 42.3. The first-order chi connectivity index (χ1) is 28.7. The zero-order chi connectivity index (χ0) is 41.0. The average molecular weight is 835 g/mol. The highest BCUT2D eigenvalue weighted by molar-refractivity contribution is 6.45. The Bertz CT molecular complexity index is 2150. The number of piperazine rings is 2. The van der Waals surface area contributed by atoms with Gasteiger partial charge in [-0.2, -0.15) is 0 Å². The molecule has 14 heteroatoms. The van der Waals surface area contributed by atoms with Gasteiger partial charge in [0.15, 0.2) is 0 Å². The summed E-state index contributed by atoms with van der Waals surface area (Å²) in [6.45, 7) is 17.1. The van der Waals surface area contributed by atoms with Crippen molar-refractivity contribution < 1.29 is 14.8 Å². The molecule has 3 fully saturated rings. The van der Waals surface area contributed by atoms with Gasteiger partial charge in [-0.1, -0.05) is 54.4 Å². The van der Waals surface area contributed by atoms with E-state index >= 15 is 0 Å². The maximum absolute atomic E-state index is 10.0. The third-order valence-electron chi connectivity index (χ3n) is 12.6. The number of rotatable bonds is 7. The Kier molecular flexibility index (Phi) is 13.7. The summed E-state index contributed by atoms with van der Waals surface area (Å²) < 4.78 is 5.56. The van der Waals surface area contributed by atoms with Crippen LogP contribution in [0.2, 0.25) is 23.7 Å². The molecule has 0 bridgehead atoms. The lowest BCUT2D eigenvalue weighted by atomic mass is 9.84. The molecule has 2 aliphatic carbocycles. The molecule has 0 spiro atoms. The number of nitrogens with zero attached hydrogens (tertiary/aromatic N) is 7. The van der Waals surface area contributed by atoms with Crippen molar-refractivity contribution in [3.63, 3.8) is 0 Å². The van der Waals surface area contributed by atoms with Gasteiger partial charge in [-0.25, -0.2) is 0 Å². The Morgan fingerprint density at radius 2 is 1.10 bits per heavy atom. The summed E-state index contributed by atoms with van der Waals surface area (Å²) in [5.41, 5.74) is 12.1. The second-order valence-electron chi connectivity index (χ2n) is 16.2. The van der Waals surface area contributed by atoms with E-state index in [0.29, 0.717) is 0 Å². The van der Waals surface area contributed by atoms with Crippen LogP contribution in [0.15, 0.2) is 73.1 Å². The molecule has 2 aromatic heterocycles. The molecule has 4 aromatic rings. The number of fused-ring (bicyclic) bond motifs is 4. The molecular weight excluding hydrogens is 779 g/mol. The molecule has 0 amide bonds. The van der Waals surface area contributed by atoms with Crippen molar-refractivity contribution in [2.24, 2.45) is 0 Å². The van der Waals surface area contributed by atoms with Gasteiger partial charge in [0.1, 0.15) is 0 Å². The third kappa shape index (κ3) is 9.43. The Hall–Kier alpha value is -3.39. The third-order valence-corrected chi connectivity index (χ3v) is 13.1. The van der Waals surface area contributed by atoms with Crippen LogP contribution >= 0.6 is 23.2 Å². The standard InChI is InChI=1S/C24H30BClN4O2.C21H25BClN3O/c1-25(31)30-9-7-29(8-10-30)24-21-5-4-20(26)16-22(21)19(17-28-11-13-32-14-12-28)15-18-3-2-6-27-23(18)24;1-3-15-13-16-5-4-8-24-20(16)21(18-7-6-17(23)14-19(15)18)25-9-11-26(12-10-25)22(2)27/h2-6,15-16,24,31H,7-14,17H2,1H3;4-8,13-14,21,27H,3,9-12H2,1-2H3. The highest BCUT2D eigenvalue weighted by atomic mass is 35.5. The fourth-order valence-corrected chi connectivity index (χ4v) is 9.72. The summed E-state index contributed by atoms with van der Waals surface area (Å²) in [6, 6.07) is 21.1. The molecule has 2 atom stereocenters. The average Bonchev–Trinajstić information content (AvgIpc) is 3.48. The molecule has 2 unspecified atom stereocenters. The number of allylic oxidation sites excluding steroid dienone is 1. The monoisotopic (exact) mass is 833 g/mol. The molecule has 308 valence electrons. The largest absolute Gasteiger partial charge is 0.437 e. The van der Waals surface area contributed by atoms with E-state index in [9.17, 15) is 10.0 Å². The van der Waals surface area contributed by atoms with E-state index in [1.54, 1.807) is 0 Å². The highest BCUT2D eigenvalue weighted by Gasteiger charge is 2.35. The number of morpholine rings is 1. The molecule has 3 saturated heterocycles. The minimum absolute atomic E-state index is 0.0630. The lowest BCUT2D eigenvalue weighted by molar-refractivity contribution is 0.0444. The summed E-state index contributed by atoms with van der Waals surface area (Å²) in [7, 11) is -0.810. The summed E-state index contributed by atoms with van der Waals surface area (Å²) in [4.78, 5) is 21.4. The molecule has 0 saturated carbocycles. The van der Waals surface area contributed by atoms with Crippen molar-refractivity contribution in [2.75, 3.05) is 85.2 Å². The number of hydrogen-bond donors (Lipinski definition) is 2. The van der Waals surface area contributed by atoms with Crippen molar-refractivity contribution >= 4 is 60.6 Å². The van der Waals surface area contributed by atoms with Crippen LogP contribution in [-0.4, -0.2) is 144 Å². The van der Waals surface area contributed by atoms with Gasteiger partial charge in [0.2, 0.25) is 0 Å². The molecule has 5 aliphatic rings. The molecule has 2 N–H and O–H groups in total. The smallest absolute Gasteiger partial charge is 0.376 e. The van der Waals surface area contributed by atoms with Gasteiger partial charge in [0, 0.05) is 94.4 Å². The van der Waals surface area contributed by atoms with Crippen molar-refractivity contribution in [3.05, 3.63) is 128 Å². The first-order valence-electron chi connectivity index (χ1n) is 21.2. The van der Waals surface area contributed by atoms with Crippen molar-refractivity contribution in [1.29, 1.82) is 0 Å². The lowest BCUT2D eigenvalue weighted by Gasteiger charge is -2.40. The maximum Gasteiger partial charge on any atom is 0.376 e. The van der Waals surface area contributed by atoms with E-state index in [1.165, 1.54) is 44.5 Å². The van der Waals surface area contributed by atoms with Crippen LogP contribution in [0.4, 0.5) is 0 Å². The predicted octanol–water partition coefficient (Wildman–Crippen LogP) is 6.55. The molecule has 59 heavy (non-hydrogen) atoms. The van der Waals surface area contributed by atoms with Crippen LogP contribution < -0.4 is 0 Å². The number of aromatic nitrogens is 2. The van der Waals surface area contributed by atoms with Gasteiger partial charge in [-0.05, 0) is 113 Å². The molecule has 0 radical (unpaired) electrons. The number of halogens is 2. The van der Waals surface area contributed by atoms with Crippen molar-refractivity contribution in [1.82, 2.24) is 34.3 Å². The zero-order valence-electron chi connectivity index (χ0n) is 34.5. The molecule has 10 nitrogen and oxygen atoms in total. The van der Waals surface area contributed by atoms with Crippen LogP contribution in [0.3, 0.4) is 0 Å². The van der Waals surface area contributed by atoms with E-state index in [0.717, 1.165) is 113 Å². The van der Waals surface area contributed by atoms with Crippen molar-refractivity contribution in [2.45, 2.75) is 39.1 Å². The van der Waals surface area contributed by atoms with Gasteiger partial charge in [-0.3, -0.25) is 24.7 Å². The summed E-state index contributed by atoms with van der Waals surface area (Å²) in [5.74, 6) is 0. The van der Waals surface area contributed by atoms with E-state index < -0.39 is 14.1 Å². The fourth-order valence-electron chi connectivity index (χ4n) is 9.38. The Balaban J connectivity index is 0.000000167. The summed E-state index contributed by atoms with van der Waals surface area (Å²) >= 11 is 12.9. The normalized spacial score (nSPS) is 21.6. The predicted molar refractivity (Wildman–Crippen MR) is 242 cm³/mol. The van der Waals surface area contributed by atoms with Crippen LogP contribution in [-0.2, 0) is 4.74 Å². The first-order valence-corrected chi connectivity index (χ1v) is 22.0. The molecule has 5 heterocycles. The van der Waals surface area contributed by atoms with Crippen LogP contribution in [0.25, 0.3) is 23.3 Å². The number of benzene rings is 2.